The van der Waals surface area contributed by atoms with E-state index in [1.54, 1.807) is 0 Å². The maximum atomic E-state index is 4.79. The van der Waals surface area contributed by atoms with Gasteiger partial charge in [0, 0.05) is 28.4 Å². The van der Waals surface area contributed by atoms with Gasteiger partial charge in [0.05, 0.1) is 11.2 Å². The van der Waals surface area contributed by atoms with Gasteiger partial charge in [-0.15, -0.1) is 0 Å². The number of aromatic nitrogens is 3. The van der Waals surface area contributed by atoms with Crippen LogP contribution in [0.15, 0.2) is 72.9 Å². The Morgan fingerprint density at radius 2 is 1.57 bits per heavy atom. The number of pyridine rings is 1. The molecule has 0 fully saturated rings. The summed E-state index contributed by atoms with van der Waals surface area (Å²) in [4.78, 5) is 13.8. The molecule has 23 heavy (non-hydrogen) atoms. The molecule has 0 saturated heterocycles. The number of para-hydroxylation sites is 1. The van der Waals surface area contributed by atoms with E-state index in [0.29, 0.717) is 0 Å². The second kappa shape index (κ2) is 5.61. The zero-order chi connectivity index (χ0) is 15.6. The summed E-state index contributed by atoms with van der Waals surface area (Å²) in [6.07, 6.45) is 1.83. The molecule has 3 heteroatoms. The lowest BCUT2D eigenvalue weighted by Gasteiger charge is -2.09. The molecule has 0 radical (unpaired) electrons. The van der Waals surface area contributed by atoms with E-state index in [1.165, 1.54) is 0 Å². The highest BCUT2D eigenvalue weighted by Crippen LogP contribution is 2.27. The van der Waals surface area contributed by atoms with Crippen molar-refractivity contribution in [2.45, 2.75) is 6.92 Å². The van der Waals surface area contributed by atoms with Gasteiger partial charge in [-0.1, -0.05) is 48.5 Å². The molecule has 0 aliphatic heterocycles. The summed E-state index contributed by atoms with van der Waals surface area (Å²) in [5.74, 6) is 0.751. The number of benzene rings is 2. The zero-order valence-corrected chi connectivity index (χ0v) is 12.8. The number of hydrogen-bond acceptors (Lipinski definition) is 3. The molecule has 2 aromatic heterocycles. The summed E-state index contributed by atoms with van der Waals surface area (Å²) in [6.45, 7) is 2.00. The van der Waals surface area contributed by atoms with Crippen LogP contribution in [-0.4, -0.2) is 15.0 Å². The third kappa shape index (κ3) is 2.57. The Balaban J connectivity index is 1.94. The van der Waals surface area contributed by atoms with Gasteiger partial charge < -0.3 is 0 Å². The van der Waals surface area contributed by atoms with E-state index >= 15 is 0 Å². The molecule has 3 nitrogen and oxygen atoms in total. The van der Waals surface area contributed by atoms with Crippen LogP contribution in [0, 0.1) is 6.92 Å². The van der Waals surface area contributed by atoms with Crippen LogP contribution < -0.4 is 0 Å². The smallest absolute Gasteiger partial charge is 0.160 e. The molecule has 2 heterocycles. The average Bonchev–Trinajstić information content (AvgIpc) is 2.61. The van der Waals surface area contributed by atoms with E-state index in [2.05, 4.69) is 16.0 Å². The van der Waals surface area contributed by atoms with Crippen molar-refractivity contribution in [2.75, 3.05) is 0 Å². The van der Waals surface area contributed by atoms with Crippen LogP contribution in [-0.2, 0) is 0 Å². The Bertz CT molecular complexity index is 973. The molecule has 0 amide bonds. The normalized spacial score (nSPS) is 10.8. The molecule has 0 aliphatic carbocycles. The topological polar surface area (TPSA) is 38.7 Å². The first-order valence-electron chi connectivity index (χ1n) is 7.56. The molecule has 0 spiro atoms. The van der Waals surface area contributed by atoms with Crippen molar-refractivity contribution >= 4 is 10.9 Å². The molecular formula is C20H15N3. The first-order valence-corrected chi connectivity index (χ1v) is 7.56. The van der Waals surface area contributed by atoms with Crippen LogP contribution in [0.3, 0.4) is 0 Å². The first-order chi connectivity index (χ1) is 11.3. The SMILES string of the molecule is Cc1cc(-c2ccnc3ccccc23)nc(-c2ccccc2)n1. The molecule has 0 bridgehead atoms. The highest BCUT2D eigenvalue weighted by Gasteiger charge is 2.09. The lowest BCUT2D eigenvalue weighted by atomic mass is 10.1. The molecule has 110 valence electrons. The fraction of sp³-hybridized carbons (Fsp3) is 0.0500. The molecular weight excluding hydrogens is 282 g/mol. The Morgan fingerprint density at radius 3 is 2.43 bits per heavy atom. The van der Waals surface area contributed by atoms with Crippen molar-refractivity contribution in [1.29, 1.82) is 0 Å². The van der Waals surface area contributed by atoms with E-state index in [0.717, 1.165) is 39.2 Å². The Labute approximate surface area is 134 Å². The third-order valence-electron chi connectivity index (χ3n) is 3.81. The van der Waals surface area contributed by atoms with Crippen molar-refractivity contribution in [3.63, 3.8) is 0 Å². The minimum absolute atomic E-state index is 0.751. The van der Waals surface area contributed by atoms with Crippen LogP contribution in [0.2, 0.25) is 0 Å². The fourth-order valence-corrected chi connectivity index (χ4v) is 2.74. The molecule has 0 N–H and O–H groups in total. The number of aryl methyl sites for hydroxylation is 1. The number of fused-ring (bicyclic) bond motifs is 1. The predicted molar refractivity (Wildman–Crippen MR) is 92.9 cm³/mol. The zero-order valence-electron chi connectivity index (χ0n) is 12.8. The molecule has 4 aromatic rings. The van der Waals surface area contributed by atoms with E-state index < -0.39 is 0 Å². The molecule has 0 saturated carbocycles. The van der Waals surface area contributed by atoms with Crippen LogP contribution in [0.1, 0.15) is 5.69 Å². The van der Waals surface area contributed by atoms with Crippen molar-refractivity contribution in [1.82, 2.24) is 15.0 Å². The van der Waals surface area contributed by atoms with Gasteiger partial charge in [0.1, 0.15) is 0 Å². The Morgan fingerprint density at radius 1 is 0.783 bits per heavy atom. The number of hydrogen-bond donors (Lipinski definition) is 0. The van der Waals surface area contributed by atoms with Crippen LogP contribution in [0.4, 0.5) is 0 Å². The number of rotatable bonds is 2. The van der Waals surface area contributed by atoms with Gasteiger partial charge in [-0.3, -0.25) is 4.98 Å². The van der Waals surface area contributed by atoms with Crippen LogP contribution in [0.5, 0.6) is 0 Å². The lowest BCUT2D eigenvalue weighted by molar-refractivity contribution is 1.12. The van der Waals surface area contributed by atoms with Gasteiger partial charge in [0.15, 0.2) is 5.82 Å². The third-order valence-corrected chi connectivity index (χ3v) is 3.81. The predicted octanol–water partition coefficient (Wildman–Crippen LogP) is 4.67. The maximum absolute atomic E-state index is 4.79. The number of nitrogens with zero attached hydrogens (tertiary/aromatic N) is 3. The monoisotopic (exact) mass is 297 g/mol. The van der Waals surface area contributed by atoms with E-state index in [4.69, 9.17) is 4.98 Å². The van der Waals surface area contributed by atoms with E-state index in [9.17, 15) is 0 Å². The van der Waals surface area contributed by atoms with Gasteiger partial charge >= 0.3 is 0 Å². The summed E-state index contributed by atoms with van der Waals surface area (Å²) in [5.41, 5.74) is 4.96. The van der Waals surface area contributed by atoms with Crippen LogP contribution >= 0.6 is 0 Å². The van der Waals surface area contributed by atoms with Gasteiger partial charge in [-0.25, -0.2) is 9.97 Å². The summed E-state index contributed by atoms with van der Waals surface area (Å²) < 4.78 is 0. The van der Waals surface area contributed by atoms with Gasteiger partial charge in [-0.2, -0.15) is 0 Å². The minimum Gasteiger partial charge on any atom is -0.256 e. The average molecular weight is 297 g/mol. The maximum Gasteiger partial charge on any atom is 0.160 e. The standard InChI is InChI=1S/C20H15N3/c1-14-13-19(23-20(22-14)15-7-3-2-4-8-15)17-11-12-21-18-10-6-5-9-16(17)18/h2-13H,1H3. The molecule has 0 atom stereocenters. The lowest BCUT2D eigenvalue weighted by Crippen LogP contribution is -1.95. The summed E-state index contributed by atoms with van der Waals surface area (Å²) in [7, 11) is 0. The molecule has 2 aromatic carbocycles. The van der Waals surface area contributed by atoms with Crippen molar-refractivity contribution in [3.05, 3.63) is 78.6 Å². The molecule has 4 rings (SSSR count). The van der Waals surface area contributed by atoms with Gasteiger partial charge in [0.2, 0.25) is 0 Å². The minimum atomic E-state index is 0.751. The Kier molecular flexibility index (Phi) is 3.31. The summed E-state index contributed by atoms with van der Waals surface area (Å²) >= 11 is 0. The van der Waals surface area contributed by atoms with Crippen molar-refractivity contribution < 1.29 is 0 Å². The second-order valence-corrected chi connectivity index (χ2v) is 5.46. The van der Waals surface area contributed by atoms with Crippen molar-refractivity contribution in [3.8, 4) is 22.6 Å². The Hall–Kier alpha value is -3.07. The van der Waals surface area contributed by atoms with E-state index in [-0.39, 0.29) is 0 Å². The highest BCUT2D eigenvalue weighted by molar-refractivity contribution is 5.93. The van der Waals surface area contributed by atoms with Gasteiger partial charge in [0.25, 0.3) is 0 Å². The molecule has 0 unspecified atom stereocenters. The second-order valence-electron chi connectivity index (χ2n) is 5.46. The fourth-order valence-electron chi connectivity index (χ4n) is 2.74. The van der Waals surface area contributed by atoms with Gasteiger partial charge in [-0.05, 0) is 25.1 Å². The van der Waals surface area contributed by atoms with Crippen LogP contribution in [0.25, 0.3) is 33.5 Å². The van der Waals surface area contributed by atoms with Crippen molar-refractivity contribution in [2.24, 2.45) is 0 Å². The summed E-state index contributed by atoms with van der Waals surface area (Å²) in [5, 5.41) is 1.10. The summed E-state index contributed by atoms with van der Waals surface area (Å²) in [6, 6.07) is 22.2. The largest absolute Gasteiger partial charge is 0.256 e. The quantitative estimate of drug-likeness (QED) is 0.540. The highest BCUT2D eigenvalue weighted by atomic mass is 14.9. The molecule has 0 aliphatic rings. The first kappa shape index (κ1) is 13.6. The van der Waals surface area contributed by atoms with E-state index in [1.807, 2.05) is 73.8 Å².